The molecule has 0 spiro atoms. The number of aromatic nitrogens is 1. The number of hydrogen-bond donors (Lipinski definition) is 2. The number of fused-ring (bicyclic) bond motifs is 3. The molecule has 1 aromatic heterocycles. The van der Waals surface area contributed by atoms with Crippen molar-refractivity contribution in [1.82, 2.24) is 4.98 Å². The van der Waals surface area contributed by atoms with Crippen molar-refractivity contribution in [2.45, 2.75) is 31.6 Å². The molecule has 0 fully saturated rings. The molecule has 35 heavy (non-hydrogen) atoms. The Balaban J connectivity index is 1.56. The minimum atomic E-state index is -0.279. The number of aromatic hydroxyl groups is 1. The summed E-state index contributed by atoms with van der Waals surface area (Å²) < 4.78 is 5.70. The molecule has 2 aliphatic rings. The molecule has 1 aliphatic heterocycles. The van der Waals surface area contributed by atoms with Crippen molar-refractivity contribution in [3.63, 3.8) is 0 Å². The van der Waals surface area contributed by atoms with Crippen molar-refractivity contribution < 1.29 is 14.6 Å². The Labute approximate surface area is 204 Å². The van der Waals surface area contributed by atoms with Crippen LogP contribution in [0.25, 0.3) is 10.9 Å². The molecule has 2 heterocycles. The van der Waals surface area contributed by atoms with Crippen LogP contribution in [0.2, 0.25) is 0 Å². The lowest BCUT2D eigenvalue weighted by atomic mass is 9.71. The average molecular weight is 463 g/mol. The number of ether oxygens (including phenoxy) is 1. The first-order valence-corrected chi connectivity index (χ1v) is 12.1. The zero-order valence-electron chi connectivity index (χ0n) is 19.5. The van der Waals surface area contributed by atoms with Crippen molar-refractivity contribution in [1.29, 1.82) is 0 Å². The quantitative estimate of drug-likeness (QED) is 0.373. The molecule has 1 aliphatic carbocycles. The molecule has 0 bridgehead atoms. The van der Waals surface area contributed by atoms with E-state index in [1.165, 1.54) is 5.56 Å². The lowest BCUT2D eigenvalue weighted by Gasteiger charge is -2.37. The van der Waals surface area contributed by atoms with E-state index in [1.54, 1.807) is 12.3 Å². The second-order valence-electron chi connectivity index (χ2n) is 9.15. The number of allylic oxidation sites excluding steroid dienone is 2. The number of phenolic OH excluding ortho intramolecular Hbond substituents is 1. The molecule has 2 N–H and O–H groups in total. The van der Waals surface area contributed by atoms with Gasteiger partial charge in [0.15, 0.2) is 17.3 Å². The lowest BCUT2D eigenvalue weighted by molar-refractivity contribution is -0.116. The number of Topliss-reactive ketones (excluding diaryl/α,β-unsaturated/α-hetero) is 1. The summed E-state index contributed by atoms with van der Waals surface area (Å²) in [6, 6.07) is 23.8. The molecular formula is C30H26N2O3. The maximum absolute atomic E-state index is 13.8. The summed E-state index contributed by atoms with van der Waals surface area (Å²) in [5, 5.41) is 15.0. The molecule has 5 heteroatoms. The zero-order valence-corrected chi connectivity index (χ0v) is 19.5. The number of carbonyl (C=O) groups is 1. The number of phenols is 1. The van der Waals surface area contributed by atoms with Crippen LogP contribution < -0.4 is 10.1 Å². The average Bonchev–Trinajstić information content (AvgIpc) is 2.89. The third-order valence-corrected chi connectivity index (χ3v) is 7.09. The van der Waals surface area contributed by atoms with Gasteiger partial charge in [-0.25, -0.2) is 0 Å². The van der Waals surface area contributed by atoms with Crippen molar-refractivity contribution in [2.24, 2.45) is 0 Å². The van der Waals surface area contributed by atoms with Gasteiger partial charge in [0.25, 0.3) is 0 Å². The first kappa shape index (κ1) is 21.4. The van der Waals surface area contributed by atoms with Crippen molar-refractivity contribution in [2.75, 3.05) is 11.9 Å². The minimum Gasteiger partial charge on any atom is -0.504 e. The van der Waals surface area contributed by atoms with E-state index in [2.05, 4.69) is 34.6 Å². The topological polar surface area (TPSA) is 71.5 Å². The van der Waals surface area contributed by atoms with Gasteiger partial charge in [-0.05, 0) is 66.3 Å². The summed E-state index contributed by atoms with van der Waals surface area (Å²) in [7, 11) is 0. The second-order valence-corrected chi connectivity index (χ2v) is 9.15. The summed E-state index contributed by atoms with van der Waals surface area (Å²) in [6.45, 7) is 2.33. The Morgan fingerprint density at radius 2 is 1.86 bits per heavy atom. The van der Waals surface area contributed by atoms with E-state index in [0.29, 0.717) is 18.8 Å². The van der Waals surface area contributed by atoms with Gasteiger partial charge in [0.05, 0.1) is 12.1 Å². The van der Waals surface area contributed by atoms with E-state index in [0.717, 1.165) is 45.4 Å². The Bertz CT molecular complexity index is 1480. The molecule has 0 radical (unpaired) electrons. The molecular weight excluding hydrogens is 436 g/mol. The van der Waals surface area contributed by atoms with Crippen LogP contribution in [0.3, 0.4) is 0 Å². The molecule has 3 aromatic carbocycles. The molecule has 2 atom stereocenters. The summed E-state index contributed by atoms with van der Waals surface area (Å²) >= 11 is 0. The van der Waals surface area contributed by atoms with Gasteiger partial charge >= 0.3 is 0 Å². The second kappa shape index (κ2) is 8.58. The molecule has 0 saturated heterocycles. The van der Waals surface area contributed by atoms with Crippen molar-refractivity contribution >= 4 is 22.4 Å². The standard InChI is InChI=1S/C30H26N2O3/c1-2-35-27-17-19(10-13-25(27)33)28-29-21-9-6-14-31-22(21)11-12-23(29)32-24-15-20(16-26(34)30(24)28)18-7-4-3-5-8-18/h3-14,17,20,28,32-33H,2,15-16H2,1H3/t20-,28-/m1/s1. The highest BCUT2D eigenvalue weighted by atomic mass is 16.5. The Morgan fingerprint density at radius 1 is 1.00 bits per heavy atom. The monoisotopic (exact) mass is 462 g/mol. The predicted molar refractivity (Wildman–Crippen MR) is 137 cm³/mol. The Hall–Kier alpha value is -4.12. The number of benzene rings is 3. The SMILES string of the molecule is CCOc1cc([C@H]2C3=C(C[C@@H](c4ccccc4)CC3=O)Nc3ccc4ncccc4c32)ccc1O. The van der Waals surface area contributed by atoms with Crippen LogP contribution >= 0.6 is 0 Å². The van der Waals surface area contributed by atoms with E-state index in [9.17, 15) is 9.90 Å². The zero-order chi connectivity index (χ0) is 23.9. The van der Waals surface area contributed by atoms with Crippen molar-refractivity contribution in [3.05, 3.63) is 107 Å². The maximum atomic E-state index is 13.8. The Morgan fingerprint density at radius 3 is 2.69 bits per heavy atom. The van der Waals surface area contributed by atoms with E-state index >= 15 is 0 Å². The van der Waals surface area contributed by atoms with Crippen LogP contribution in [-0.4, -0.2) is 22.5 Å². The van der Waals surface area contributed by atoms with Gasteiger partial charge in [-0.2, -0.15) is 0 Å². The number of anilines is 1. The van der Waals surface area contributed by atoms with Crippen molar-refractivity contribution in [3.8, 4) is 11.5 Å². The largest absolute Gasteiger partial charge is 0.504 e. The maximum Gasteiger partial charge on any atom is 0.162 e. The molecule has 5 nitrogen and oxygen atoms in total. The fourth-order valence-electron chi connectivity index (χ4n) is 5.56. The van der Waals surface area contributed by atoms with Crippen LogP contribution in [0.5, 0.6) is 11.5 Å². The fourth-order valence-corrected chi connectivity index (χ4v) is 5.56. The number of ketones is 1. The molecule has 0 saturated carbocycles. The first-order chi connectivity index (χ1) is 17.1. The van der Waals surface area contributed by atoms with Gasteiger partial charge in [-0.3, -0.25) is 9.78 Å². The minimum absolute atomic E-state index is 0.0951. The number of carbonyl (C=O) groups excluding carboxylic acids is 1. The van der Waals surface area contributed by atoms with E-state index in [4.69, 9.17) is 4.74 Å². The van der Waals surface area contributed by atoms with Gasteiger partial charge in [-0.1, -0.05) is 42.5 Å². The highest BCUT2D eigenvalue weighted by Crippen LogP contribution is 2.50. The molecule has 6 rings (SSSR count). The fraction of sp³-hybridized carbons (Fsp3) is 0.200. The van der Waals surface area contributed by atoms with E-state index in [-0.39, 0.29) is 23.4 Å². The summed E-state index contributed by atoms with van der Waals surface area (Å²) in [5.41, 5.74) is 6.79. The Kier molecular flexibility index (Phi) is 5.25. The summed E-state index contributed by atoms with van der Waals surface area (Å²) in [6.07, 6.45) is 3.02. The number of nitrogens with one attached hydrogen (secondary N) is 1. The third-order valence-electron chi connectivity index (χ3n) is 7.09. The van der Waals surface area contributed by atoms with Gasteiger partial charge in [0, 0.05) is 40.9 Å². The lowest BCUT2D eigenvalue weighted by Crippen LogP contribution is -2.30. The molecule has 174 valence electrons. The number of nitrogens with zero attached hydrogens (tertiary/aromatic N) is 1. The molecule has 0 amide bonds. The molecule has 4 aromatic rings. The van der Waals surface area contributed by atoms with E-state index < -0.39 is 0 Å². The van der Waals surface area contributed by atoms with Crippen LogP contribution in [0, 0.1) is 0 Å². The van der Waals surface area contributed by atoms with Crippen LogP contribution in [0.15, 0.2) is 90.3 Å². The first-order valence-electron chi connectivity index (χ1n) is 12.1. The van der Waals surface area contributed by atoms with Gasteiger partial charge < -0.3 is 15.2 Å². The van der Waals surface area contributed by atoms with E-state index in [1.807, 2.05) is 49.4 Å². The predicted octanol–water partition coefficient (Wildman–Crippen LogP) is 6.30. The van der Waals surface area contributed by atoms with Gasteiger partial charge in [-0.15, -0.1) is 0 Å². The van der Waals surface area contributed by atoms with Crippen LogP contribution in [0.1, 0.15) is 48.3 Å². The molecule has 0 unspecified atom stereocenters. The third kappa shape index (κ3) is 3.64. The number of rotatable bonds is 4. The number of pyridine rings is 1. The van der Waals surface area contributed by atoms with Gasteiger partial charge in [0.2, 0.25) is 0 Å². The summed E-state index contributed by atoms with van der Waals surface area (Å²) in [4.78, 5) is 18.4. The number of hydrogen-bond acceptors (Lipinski definition) is 5. The van der Waals surface area contributed by atoms with Crippen LogP contribution in [-0.2, 0) is 4.79 Å². The summed E-state index contributed by atoms with van der Waals surface area (Å²) in [5.74, 6) is 0.528. The normalized spacial score (nSPS) is 19.2. The van der Waals surface area contributed by atoms with Crippen LogP contribution in [0.4, 0.5) is 5.69 Å². The highest BCUT2D eigenvalue weighted by Gasteiger charge is 2.39. The van der Waals surface area contributed by atoms with Gasteiger partial charge in [0.1, 0.15) is 0 Å². The highest BCUT2D eigenvalue weighted by molar-refractivity contribution is 6.04. The smallest absolute Gasteiger partial charge is 0.162 e.